The summed E-state index contributed by atoms with van der Waals surface area (Å²) in [6.45, 7) is 3.79. The van der Waals surface area contributed by atoms with Crippen molar-refractivity contribution in [1.82, 2.24) is 25.3 Å². The largest absolute Gasteiger partial charge is 0.354 e. The number of carbonyl (C=O) groups excluding carboxylic acids is 2. The third-order valence-corrected chi connectivity index (χ3v) is 4.93. The smallest absolute Gasteiger partial charge is 0.237 e. The Balaban J connectivity index is 1.40. The maximum absolute atomic E-state index is 12.4. The van der Waals surface area contributed by atoms with Gasteiger partial charge in [-0.2, -0.15) is 5.10 Å². The van der Waals surface area contributed by atoms with Gasteiger partial charge in [0.05, 0.1) is 6.04 Å². The molecule has 1 aromatic rings. The number of nitrogens with zero attached hydrogens (tertiary/aromatic N) is 3. The van der Waals surface area contributed by atoms with Gasteiger partial charge < -0.3 is 15.5 Å². The number of carbonyl (C=O) groups is 2. The Labute approximate surface area is 142 Å². The third kappa shape index (κ3) is 4.56. The van der Waals surface area contributed by atoms with Crippen molar-refractivity contribution >= 4 is 11.8 Å². The number of rotatable bonds is 6. The zero-order chi connectivity index (χ0) is 16.8. The molecule has 0 radical (unpaired) electrons. The number of hydrogen-bond donors (Lipinski definition) is 2. The second kappa shape index (κ2) is 8.28. The molecule has 2 aliphatic rings. The molecule has 7 heteroatoms. The summed E-state index contributed by atoms with van der Waals surface area (Å²) >= 11 is 0. The van der Waals surface area contributed by atoms with E-state index >= 15 is 0 Å². The molecule has 3 heterocycles. The van der Waals surface area contributed by atoms with Crippen LogP contribution in [0.5, 0.6) is 0 Å². The molecule has 2 aliphatic heterocycles. The maximum Gasteiger partial charge on any atom is 0.237 e. The highest BCUT2D eigenvalue weighted by Crippen LogP contribution is 2.17. The molecule has 2 atom stereocenters. The van der Waals surface area contributed by atoms with Crippen molar-refractivity contribution in [3.63, 3.8) is 0 Å². The van der Waals surface area contributed by atoms with Crippen LogP contribution in [0.15, 0.2) is 18.5 Å². The zero-order valence-corrected chi connectivity index (χ0v) is 14.1. The molecule has 0 aromatic carbocycles. The van der Waals surface area contributed by atoms with Gasteiger partial charge in [0.2, 0.25) is 11.8 Å². The second-order valence-corrected chi connectivity index (χ2v) is 6.76. The third-order valence-electron chi connectivity index (χ3n) is 4.93. The molecule has 7 nitrogen and oxygen atoms in total. The number of aryl methyl sites for hydroxylation is 1. The first-order valence-electron chi connectivity index (χ1n) is 8.98. The van der Waals surface area contributed by atoms with Crippen molar-refractivity contribution in [1.29, 1.82) is 0 Å². The molecule has 0 bridgehead atoms. The van der Waals surface area contributed by atoms with Crippen LogP contribution in [0.4, 0.5) is 0 Å². The number of amides is 2. The van der Waals surface area contributed by atoms with Crippen LogP contribution in [-0.2, 0) is 16.1 Å². The molecule has 1 aromatic heterocycles. The van der Waals surface area contributed by atoms with Crippen molar-refractivity contribution in [2.24, 2.45) is 5.92 Å². The lowest BCUT2D eigenvalue weighted by atomic mass is 9.97. The lowest BCUT2D eigenvalue weighted by Gasteiger charge is -2.33. The van der Waals surface area contributed by atoms with E-state index in [-0.39, 0.29) is 17.9 Å². The van der Waals surface area contributed by atoms with E-state index in [1.54, 1.807) is 10.9 Å². The van der Waals surface area contributed by atoms with Crippen molar-refractivity contribution < 1.29 is 9.59 Å². The lowest BCUT2D eigenvalue weighted by Crippen LogP contribution is -2.46. The average molecular weight is 333 g/mol. The quantitative estimate of drug-likeness (QED) is 0.789. The zero-order valence-electron chi connectivity index (χ0n) is 14.1. The fourth-order valence-electron chi connectivity index (χ4n) is 3.54. The fourth-order valence-corrected chi connectivity index (χ4v) is 3.54. The Bertz CT molecular complexity index is 539. The summed E-state index contributed by atoms with van der Waals surface area (Å²) in [6.07, 6.45) is 8.15. The monoisotopic (exact) mass is 333 g/mol. The van der Waals surface area contributed by atoms with Gasteiger partial charge in [0, 0.05) is 45.0 Å². The van der Waals surface area contributed by atoms with Gasteiger partial charge in [-0.1, -0.05) is 0 Å². The van der Waals surface area contributed by atoms with Crippen LogP contribution in [-0.4, -0.2) is 58.7 Å². The van der Waals surface area contributed by atoms with Gasteiger partial charge in [-0.25, -0.2) is 0 Å². The molecule has 0 aliphatic carbocycles. The Morgan fingerprint density at radius 3 is 2.96 bits per heavy atom. The highest BCUT2D eigenvalue weighted by molar-refractivity contribution is 5.82. The number of piperidine rings is 1. The summed E-state index contributed by atoms with van der Waals surface area (Å²) in [7, 11) is 0. The topological polar surface area (TPSA) is 79.3 Å². The van der Waals surface area contributed by atoms with E-state index in [1.165, 1.54) is 0 Å². The van der Waals surface area contributed by atoms with E-state index in [1.807, 2.05) is 17.2 Å². The number of nitrogens with one attached hydrogen (secondary N) is 2. The highest BCUT2D eigenvalue weighted by Gasteiger charge is 2.26. The van der Waals surface area contributed by atoms with Gasteiger partial charge in [0.15, 0.2) is 0 Å². The summed E-state index contributed by atoms with van der Waals surface area (Å²) in [4.78, 5) is 26.4. The van der Waals surface area contributed by atoms with Gasteiger partial charge in [0.1, 0.15) is 0 Å². The molecule has 2 amide bonds. The van der Waals surface area contributed by atoms with Crippen molar-refractivity contribution in [3.8, 4) is 0 Å². The molecule has 2 fully saturated rings. The Morgan fingerprint density at radius 1 is 1.29 bits per heavy atom. The number of hydrogen-bond acceptors (Lipinski definition) is 4. The minimum Gasteiger partial charge on any atom is -0.354 e. The number of aromatic nitrogens is 2. The van der Waals surface area contributed by atoms with Crippen LogP contribution in [0.3, 0.4) is 0 Å². The minimum atomic E-state index is -0.0274. The van der Waals surface area contributed by atoms with Gasteiger partial charge in [0.25, 0.3) is 0 Å². The Hall–Kier alpha value is -1.89. The molecule has 0 saturated carbocycles. The Morgan fingerprint density at radius 2 is 2.21 bits per heavy atom. The summed E-state index contributed by atoms with van der Waals surface area (Å²) in [6, 6.07) is 1.84. The lowest BCUT2D eigenvalue weighted by molar-refractivity contribution is -0.133. The highest BCUT2D eigenvalue weighted by atomic mass is 16.2. The summed E-state index contributed by atoms with van der Waals surface area (Å²) in [5.74, 6) is 0.645. The molecule has 3 rings (SSSR count). The predicted molar refractivity (Wildman–Crippen MR) is 90.2 cm³/mol. The van der Waals surface area contributed by atoms with Crippen LogP contribution < -0.4 is 10.6 Å². The van der Waals surface area contributed by atoms with Gasteiger partial charge in [-0.15, -0.1) is 0 Å². The maximum atomic E-state index is 12.4. The number of likely N-dealkylation sites (tertiary alicyclic amines) is 1. The predicted octanol–water partition coefficient (Wildman–Crippen LogP) is 0.380. The van der Waals surface area contributed by atoms with Crippen LogP contribution >= 0.6 is 0 Å². The SMILES string of the molecule is O=C(NCC1CCCN(C(=O)CCn2cccn2)C1)C1CCCN1. The van der Waals surface area contributed by atoms with E-state index in [2.05, 4.69) is 15.7 Å². The molecular formula is C17H27N5O2. The second-order valence-electron chi connectivity index (χ2n) is 6.76. The summed E-state index contributed by atoms with van der Waals surface area (Å²) in [5, 5.41) is 10.4. The standard InChI is InChI=1S/C17H27N5O2/c23-16(6-11-22-10-3-8-20-22)21-9-2-4-14(13-21)12-19-17(24)15-5-1-7-18-15/h3,8,10,14-15,18H,1-2,4-7,9,11-13H2,(H,19,24). The van der Waals surface area contributed by atoms with E-state index in [0.717, 1.165) is 45.3 Å². The van der Waals surface area contributed by atoms with Gasteiger partial charge in [-0.05, 0) is 44.2 Å². The molecular weight excluding hydrogens is 306 g/mol. The first kappa shape index (κ1) is 17.0. The minimum absolute atomic E-state index is 0.0274. The molecule has 2 unspecified atom stereocenters. The average Bonchev–Trinajstić information content (AvgIpc) is 3.31. The van der Waals surface area contributed by atoms with Gasteiger partial charge >= 0.3 is 0 Å². The van der Waals surface area contributed by atoms with Crippen LogP contribution in [0, 0.1) is 5.92 Å². The molecule has 2 N–H and O–H groups in total. The molecule has 24 heavy (non-hydrogen) atoms. The fraction of sp³-hybridized carbons (Fsp3) is 0.706. The van der Waals surface area contributed by atoms with E-state index < -0.39 is 0 Å². The molecule has 0 spiro atoms. The van der Waals surface area contributed by atoms with Gasteiger partial charge in [-0.3, -0.25) is 14.3 Å². The summed E-state index contributed by atoms with van der Waals surface area (Å²) < 4.78 is 1.79. The van der Waals surface area contributed by atoms with E-state index in [9.17, 15) is 9.59 Å². The normalized spacial score (nSPS) is 24.1. The molecule has 132 valence electrons. The Kier molecular flexibility index (Phi) is 5.85. The first-order chi connectivity index (χ1) is 11.7. The van der Waals surface area contributed by atoms with Crippen molar-refractivity contribution in [2.45, 2.75) is 44.7 Å². The van der Waals surface area contributed by atoms with Crippen molar-refractivity contribution in [3.05, 3.63) is 18.5 Å². The van der Waals surface area contributed by atoms with Crippen LogP contribution in [0.2, 0.25) is 0 Å². The molecule has 2 saturated heterocycles. The van der Waals surface area contributed by atoms with Crippen LogP contribution in [0.1, 0.15) is 32.1 Å². The summed E-state index contributed by atoms with van der Waals surface area (Å²) in [5.41, 5.74) is 0. The van der Waals surface area contributed by atoms with E-state index in [4.69, 9.17) is 0 Å². The van der Waals surface area contributed by atoms with E-state index in [0.29, 0.717) is 25.4 Å². The first-order valence-corrected chi connectivity index (χ1v) is 8.98. The van der Waals surface area contributed by atoms with Crippen molar-refractivity contribution in [2.75, 3.05) is 26.2 Å². The van der Waals surface area contributed by atoms with Crippen LogP contribution in [0.25, 0.3) is 0 Å².